The van der Waals surface area contributed by atoms with Gasteiger partial charge in [-0.3, -0.25) is 4.79 Å². The van der Waals surface area contributed by atoms with Gasteiger partial charge >= 0.3 is 0 Å². The maximum absolute atomic E-state index is 12.6. The normalized spacial score (nSPS) is 10.9. The number of benzene rings is 1. The van der Waals surface area contributed by atoms with E-state index >= 15 is 0 Å². The standard InChI is InChI=1S/C21H27N5O/c1-3-11-26(12-4-2)20(27)17-14-24-21(25-15-17)22-10-9-16-13-23-19-8-6-5-7-18(16)19/h5-8,13-15,23H,3-4,9-12H2,1-2H3,(H,22,24,25). The monoisotopic (exact) mass is 365 g/mol. The van der Waals surface area contributed by atoms with Crippen LogP contribution < -0.4 is 5.32 Å². The third kappa shape index (κ3) is 4.64. The number of para-hydroxylation sites is 1. The number of H-pyrrole nitrogens is 1. The average molecular weight is 365 g/mol. The molecule has 1 aromatic carbocycles. The summed E-state index contributed by atoms with van der Waals surface area (Å²) in [5.41, 5.74) is 2.95. The molecular weight excluding hydrogens is 338 g/mol. The van der Waals surface area contributed by atoms with Crippen molar-refractivity contribution in [3.05, 3.63) is 54.0 Å². The van der Waals surface area contributed by atoms with E-state index < -0.39 is 0 Å². The maximum atomic E-state index is 12.6. The van der Waals surface area contributed by atoms with E-state index in [1.807, 2.05) is 23.2 Å². The molecule has 0 saturated carbocycles. The number of hydrogen-bond donors (Lipinski definition) is 2. The fourth-order valence-electron chi connectivity index (χ4n) is 3.21. The Labute approximate surface area is 160 Å². The van der Waals surface area contributed by atoms with Crippen LogP contribution in [0, 0.1) is 0 Å². The van der Waals surface area contributed by atoms with Crippen molar-refractivity contribution in [2.45, 2.75) is 33.1 Å². The molecule has 0 fully saturated rings. The minimum absolute atomic E-state index is 0.00374. The number of rotatable bonds is 9. The predicted octanol–water partition coefficient (Wildman–Crippen LogP) is 3.87. The second-order valence-electron chi connectivity index (χ2n) is 6.62. The van der Waals surface area contributed by atoms with Gasteiger partial charge in [-0.05, 0) is 30.9 Å². The molecule has 27 heavy (non-hydrogen) atoms. The Balaban J connectivity index is 1.56. The smallest absolute Gasteiger partial charge is 0.256 e. The summed E-state index contributed by atoms with van der Waals surface area (Å²) in [6.07, 6.45) is 8.03. The van der Waals surface area contributed by atoms with E-state index in [2.05, 4.69) is 46.2 Å². The van der Waals surface area contributed by atoms with Crippen LogP contribution in [0.3, 0.4) is 0 Å². The summed E-state index contributed by atoms with van der Waals surface area (Å²) in [5.74, 6) is 0.549. The van der Waals surface area contributed by atoms with Crippen molar-refractivity contribution in [2.24, 2.45) is 0 Å². The van der Waals surface area contributed by atoms with Gasteiger partial charge in [-0.1, -0.05) is 32.0 Å². The quantitative estimate of drug-likeness (QED) is 0.604. The van der Waals surface area contributed by atoms with Gasteiger partial charge in [0.1, 0.15) is 0 Å². The van der Waals surface area contributed by atoms with Gasteiger partial charge in [-0.2, -0.15) is 0 Å². The molecule has 2 heterocycles. The highest BCUT2D eigenvalue weighted by atomic mass is 16.2. The Morgan fingerprint density at radius 1 is 1.11 bits per heavy atom. The van der Waals surface area contributed by atoms with Crippen molar-refractivity contribution in [1.29, 1.82) is 0 Å². The van der Waals surface area contributed by atoms with E-state index in [1.54, 1.807) is 12.4 Å². The van der Waals surface area contributed by atoms with Gasteiger partial charge in [-0.25, -0.2) is 9.97 Å². The number of nitrogens with one attached hydrogen (secondary N) is 2. The van der Waals surface area contributed by atoms with Gasteiger partial charge in [0.2, 0.25) is 5.95 Å². The lowest BCUT2D eigenvalue weighted by Gasteiger charge is -2.21. The van der Waals surface area contributed by atoms with Gasteiger partial charge in [0.15, 0.2) is 0 Å². The molecule has 6 heteroatoms. The summed E-state index contributed by atoms with van der Waals surface area (Å²) in [4.78, 5) is 26.3. The summed E-state index contributed by atoms with van der Waals surface area (Å²) >= 11 is 0. The van der Waals surface area contributed by atoms with Crippen molar-refractivity contribution in [2.75, 3.05) is 25.0 Å². The average Bonchev–Trinajstić information content (AvgIpc) is 3.11. The molecule has 3 aromatic rings. The van der Waals surface area contributed by atoms with E-state index in [0.29, 0.717) is 11.5 Å². The van der Waals surface area contributed by atoms with Crippen LogP contribution in [0.5, 0.6) is 0 Å². The summed E-state index contributed by atoms with van der Waals surface area (Å²) in [6.45, 7) is 6.40. The molecule has 142 valence electrons. The van der Waals surface area contributed by atoms with Crippen LogP contribution in [0.2, 0.25) is 0 Å². The number of carbonyl (C=O) groups excluding carboxylic acids is 1. The van der Waals surface area contributed by atoms with Gasteiger partial charge in [0, 0.05) is 49.1 Å². The van der Waals surface area contributed by atoms with E-state index in [-0.39, 0.29) is 5.91 Å². The fourth-order valence-corrected chi connectivity index (χ4v) is 3.21. The zero-order chi connectivity index (χ0) is 19.1. The number of anilines is 1. The highest BCUT2D eigenvalue weighted by molar-refractivity contribution is 5.93. The minimum atomic E-state index is 0.00374. The molecule has 0 unspecified atom stereocenters. The zero-order valence-corrected chi connectivity index (χ0v) is 16.0. The van der Waals surface area contributed by atoms with E-state index in [4.69, 9.17) is 0 Å². The van der Waals surface area contributed by atoms with E-state index in [0.717, 1.165) is 44.4 Å². The van der Waals surface area contributed by atoms with Gasteiger partial charge in [0.25, 0.3) is 5.91 Å². The topological polar surface area (TPSA) is 73.9 Å². The van der Waals surface area contributed by atoms with Crippen LogP contribution in [0.15, 0.2) is 42.9 Å². The number of carbonyl (C=O) groups is 1. The van der Waals surface area contributed by atoms with Gasteiger partial charge in [-0.15, -0.1) is 0 Å². The summed E-state index contributed by atoms with van der Waals surface area (Å²) in [5, 5.41) is 4.48. The third-order valence-electron chi connectivity index (χ3n) is 4.53. The first-order chi connectivity index (χ1) is 13.2. The van der Waals surface area contributed by atoms with Crippen LogP contribution in [0.1, 0.15) is 42.6 Å². The minimum Gasteiger partial charge on any atom is -0.361 e. The third-order valence-corrected chi connectivity index (χ3v) is 4.53. The zero-order valence-electron chi connectivity index (χ0n) is 16.0. The second kappa shape index (κ2) is 9.16. The number of amides is 1. The molecule has 0 radical (unpaired) electrons. The van der Waals surface area contributed by atoms with Crippen LogP contribution in [-0.4, -0.2) is 45.4 Å². The Kier molecular flexibility index (Phi) is 6.41. The lowest BCUT2D eigenvalue weighted by molar-refractivity contribution is 0.0754. The first-order valence-corrected chi connectivity index (χ1v) is 9.63. The number of aromatic nitrogens is 3. The number of fused-ring (bicyclic) bond motifs is 1. The molecule has 2 aromatic heterocycles. The second-order valence-corrected chi connectivity index (χ2v) is 6.62. The molecule has 0 aliphatic heterocycles. The number of hydrogen-bond acceptors (Lipinski definition) is 4. The highest BCUT2D eigenvalue weighted by Crippen LogP contribution is 2.18. The first-order valence-electron chi connectivity index (χ1n) is 9.63. The number of aromatic amines is 1. The van der Waals surface area contributed by atoms with Crippen molar-refractivity contribution >= 4 is 22.8 Å². The van der Waals surface area contributed by atoms with Crippen LogP contribution in [-0.2, 0) is 6.42 Å². The summed E-state index contributed by atoms with van der Waals surface area (Å²) in [7, 11) is 0. The fraction of sp³-hybridized carbons (Fsp3) is 0.381. The van der Waals surface area contributed by atoms with Crippen molar-refractivity contribution in [3.63, 3.8) is 0 Å². The Morgan fingerprint density at radius 2 is 1.81 bits per heavy atom. The van der Waals surface area contributed by atoms with Gasteiger partial charge in [0.05, 0.1) is 5.56 Å². The molecule has 2 N–H and O–H groups in total. The first kappa shape index (κ1) is 18.9. The Morgan fingerprint density at radius 3 is 2.52 bits per heavy atom. The highest BCUT2D eigenvalue weighted by Gasteiger charge is 2.15. The lowest BCUT2D eigenvalue weighted by Crippen LogP contribution is -2.32. The molecule has 0 spiro atoms. The summed E-state index contributed by atoms with van der Waals surface area (Å²) < 4.78 is 0. The van der Waals surface area contributed by atoms with Crippen LogP contribution in [0.4, 0.5) is 5.95 Å². The molecule has 0 bridgehead atoms. The van der Waals surface area contributed by atoms with E-state index in [9.17, 15) is 4.79 Å². The molecule has 6 nitrogen and oxygen atoms in total. The molecule has 1 amide bonds. The maximum Gasteiger partial charge on any atom is 0.256 e. The predicted molar refractivity (Wildman–Crippen MR) is 109 cm³/mol. The number of nitrogens with zero attached hydrogens (tertiary/aromatic N) is 3. The van der Waals surface area contributed by atoms with Crippen molar-refractivity contribution < 1.29 is 4.79 Å². The molecule has 0 atom stereocenters. The Bertz CT molecular complexity index is 866. The molecule has 3 rings (SSSR count). The Hall–Kier alpha value is -2.89. The lowest BCUT2D eigenvalue weighted by atomic mass is 10.1. The summed E-state index contributed by atoms with van der Waals surface area (Å²) in [6, 6.07) is 8.27. The van der Waals surface area contributed by atoms with E-state index in [1.165, 1.54) is 10.9 Å². The van der Waals surface area contributed by atoms with Crippen molar-refractivity contribution in [1.82, 2.24) is 19.9 Å². The van der Waals surface area contributed by atoms with Crippen LogP contribution in [0.25, 0.3) is 10.9 Å². The SMILES string of the molecule is CCCN(CCC)C(=O)c1cnc(NCCc2c[nH]c3ccccc23)nc1. The largest absolute Gasteiger partial charge is 0.361 e. The van der Waals surface area contributed by atoms with Gasteiger partial charge < -0.3 is 15.2 Å². The molecule has 0 aliphatic rings. The van der Waals surface area contributed by atoms with Crippen LogP contribution >= 0.6 is 0 Å². The molecule has 0 saturated heterocycles. The molecular formula is C21H27N5O. The molecule has 0 aliphatic carbocycles. The van der Waals surface area contributed by atoms with Crippen molar-refractivity contribution in [3.8, 4) is 0 Å².